The van der Waals surface area contributed by atoms with Gasteiger partial charge in [-0.15, -0.1) is 22.0 Å². The van der Waals surface area contributed by atoms with Gasteiger partial charge in [-0.25, -0.2) is 0 Å². The van der Waals surface area contributed by atoms with E-state index in [0.29, 0.717) is 23.3 Å². The standard InChI is InChI=1S/C12H14N2O4S/c1-7(2)10(12(15)16)19-6-9-13-14-11(18-9)8-4-3-5-17-8/h3-5,7,10H,6H2,1-2H3,(H,15,16). The number of thioether (sulfide) groups is 1. The monoisotopic (exact) mass is 282 g/mol. The van der Waals surface area contributed by atoms with Crippen LogP contribution in [0.3, 0.4) is 0 Å². The number of carboxylic acid groups (broad SMARTS) is 1. The molecule has 2 heterocycles. The largest absolute Gasteiger partial charge is 0.480 e. The Kier molecular flexibility index (Phi) is 4.26. The van der Waals surface area contributed by atoms with E-state index in [4.69, 9.17) is 13.9 Å². The van der Waals surface area contributed by atoms with Gasteiger partial charge in [0.15, 0.2) is 5.76 Å². The molecule has 0 fully saturated rings. The Morgan fingerprint density at radius 1 is 1.47 bits per heavy atom. The van der Waals surface area contributed by atoms with Crippen molar-refractivity contribution in [1.29, 1.82) is 0 Å². The third-order valence-corrected chi connectivity index (χ3v) is 3.95. The molecule has 0 amide bonds. The second-order valence-corrected chi connectivity index (χ2v) is 5.42. The average molecular weight is 282 g/mol. The number of hydrogen-bond donors (Lipinski definition) is 1. The molecule has 0 aliphatic heterocycles. The molecule has 2 rings (SSSR count). The molecular weight excluding hydrogens is 268 g/mol. The highest BCUT2D eigenvalue weighted by Crippen LogP contribution is 2.25. The highest BCUT2D eigenvalue weighted by atomic mass is 32.2. The Morgan fingerprint density at radius 3 is 2.84 bits per heavy atom. The summed E-state index contributed by atoms with van der Waals surface area (Å²) in [6.07, 6.45) is 1.52. The predicted molar refractivity (Wildman–Crippen MR) is 69.6 cm³/mol. The topological polar surface area (TPSA) is 89.4 Å². The molecule has 2 aromatic rings. The Labute approximate surface area is 114 Å². The van der Waals surface area contributed by atoms with Crippen molar-refractivity contribution >= 4 is 17.7 Å². The Bertz CT molecular complexity index is 536. The average Bonchev–Trinajstić information content (AvgIpc) is 2.98. The van der Waals surface area contributed by atoms with Gasteiger partial charge in [0.05, 0.1) is 12.0 Å². The number of aromatic nitrogens is 2. The van der Waals surface area contributed by atoms with Gasteiger partial charge in [0, 0.05) is 0 Å². The zero-order chi connectivity index (χ0) is 13.8. The first kappa shape index (κ1) is 13.7. The molecule has 102 valence electrons. The summed E-state index contributed by atoms with van der Waals surface area (Å²) in [5.74, 6) is 0.770. The lowest BCUT2D eigenvalue weighted by atomic mass is 10.1. The normalized spacial score (nSPS) is 12.8. The van der Waals surface area contributed by atoms with E-state index in [1.807, 2.05) is 13.8 Å². The first-order valence-corrected chi connectivity index (χ1v) is 6.83. The van der Waals surface area contributed by atoms with E-state index in [-0.39, 0.29) is 5.92 Å². The zero-order valence-electron chi connectivity index (χ0n) is 10.6. The highest BCUT2D eigenvalue weighted by Gasteiger charge is 2.23. The van der Waals surface area contributed by atoms with Crippen molar-refractivity contribution < 1.29 is 18.7 Å². The molecule has 0 saturated heterocycles. The van der Waals surface area contributed by atoms with Gasteiger partial charge < -0.3 is 13.9 Å². The molecular formula is C12H14N2O4S. The van der Waals surface area contributed by atoms with E-state index < -0.39 is 11.2 Å². The van der Waals surface area contributed by atoms with E-state index >= 15 is 0 Å². The van der Waals surface area contributed by atoms with E-state index in [1.54, 1.807) is 12.1 Å². The lowest BCUT2D eigenvalue weighted by Gasteiger charge is -2.13. The van der Waals surface area contributed by atoms with Crippen molar-refractivity contribution in [2.45, 2.75) is 24.9 Å². The second kappa shape index (κ2) is 5.92. The summed E-state index contributed by atoms with van der Waals surface area (Å²) >= 11 is 1.28. The van der Waals surface area contributed by atoms with Gasteiger partial charge >= 0.3 is 5.97 Å². The zero-order valence-corrected chi connectivity index (χ0v) is 11.4. The number of carbonyl (C=O) groups is 1. The van der Waals surface area contributed by atoms with Crippen molar-refractivity contribution in [3.63, 3.8) is 0 Å². The summed E-state index contributed by atoms with van der Waals surface area (Å²) in [5.41, 5.74) is 0. The number of rotatable bonds is 6. The smallest absolute Gasteiger partial charge is 0.316 e. The molecule has 0 radical (unpaired) electrons. The fourth-order valence-electron chi connectivity index (χ4n) is 1.52. The van der Waals surface area contributed by atoms with Crippen molar-refractivity contribution in [3.8, 4) is 11.7 Å². The van der Waals surface area contributed by atoms with Gasteiger partial charge in [-0.1, -0.05) is 13.8 Å². The second-order valence-electron chi connectivity index (χ2n) is 4.29. The number of aliphatic carboxylic acids is 1. The maximum Gasteiger partial charge on any atom is 0.316 e. The third-order valence-electron chi connectivity index (χ3n) is 2.43. The van der Waals surface area contributed by atoms with Crippen LogP contribution in [0.15, 0.2) is 27.2 Å². The van der Waals surface area contributed by atoms with E-state index in [2.05, 4.69) is 10.2 Å². The molecule has 0 aliphatic carbocycles. The highest BCUT2D eigenvalue weighted by molar-refractivity contribution is 7.99. The fourth-order valence-corrected chi connectivity index (χ4v) is 2.49. The molecule has 1 atom stereocenters. The first-order valence-electron chi connectivity index (χ1n) is 5.78. The van der Waals surface area contributed by atoms with Crippen molar-refractivity contribution in [2.75, 3.05) is 0 Å². The summed E-state index contributed by atoms with van der Waals surface area (Å²) in [4.78, 5) is 11.1. The molecule has 19 heavy (non-hydrogen) atoms. The van der Waals surface area contributed by atoms with Crippen LogP contribution in [0.1, 0.15) is 19.7 Å². The summed E-state index contributed by atoms with van der Waals surface area (Å²) in [6.45, 7) is 3.74. The van der Waals surface area contributed by atoms with Gasteiger partial charge in [0.1, 0.15) is 5.25 Å². The van der Waals surface area contributed by atoms with Crippen LogP contribution in [0, 0.1) is 5.92 Å². The molecule has 0 aliphatic rings. The quantitative estimate of drug-likeness (QED) is 0.871. The summed E-state index contributed by atoms with van der Waals surface area (Å²) in [5, 5.41) is 16.3. The minimum atomic E-state index is -0.828. The maximum atomic E-state index is 11.1. The van der Waals surface area contributed by atoms with Crippen LogP contribution < -0.4 is 0 Å². The Hall–Kier alpha value is -1.76. The molecule has 2 aromatic heterocycles. The van der Waals surface area contributed by atoms with Crippen LogP contribution >= 0.6 is 11.8 Å². The molecule has 0 bridgehead atoms. The number of hydrogen-bond acceptors (Lipinski definition) is 6. The lowest BCUT2D eigenvalue weighted by Crippen LogP contribution is -2.22. The van der Waals surface area contributed by atoms with Crippen molar-refractivity contribution in [1.82, 2.24) is 10.2 Å². The minimum Gasteiger partial charge on any atom is -0.480 e. The summed E-state index contributed by atoms with van der Waals surface area (Å²) in [6, 6.07) is 3.45. The minimum absolute atomic E-state index is 0.0370. The van der Waals surface area contributed by atoms with Crippen LogP contribution in [0.5, 0.6) is 0 Å². The number of furan rings is 1. The predicted octanol–water partition coefficient (Wildman–Crippen LogP) is 2.67. The third kappa shape index (κ3) is 3.37. The number of nitrogens with zero attached hydrogens (tertiary/aromatic N) is 2. The molecule has 7 heteroatoms. The van der Waals surface area contributed by atoms with Gasteiger partial charge in [-0.3, -0.25) is 4.79 Å². The van der Waals surface area contributed by atoms with Crippen molar-refractivity contribution in [2.24, 2.45) is 5.92 Å². The SMILES string of the molecule is CC(C)C(SCc1nnc(-c2ccco2)o1)C(=O)O. The summed E-state index contributed by atoms with van der Waals surface area (Å²) in [7, 11) is 0. The number of carboxylic acids is 1. The lowest BCUT2D eigenvalue weighted by molar-refractivity contribution is -0.137. The van der Waals surface area contributed by atoms with Gasteiger partial charge in [0.2, 0.25) is 5.89 Å². The molecule has 0 aromatic carbocycles. The van der Waals surface area contributed by atoms with Crippen molar-refractivity contribution in [3.05, 3.63) is 24.3 Å². The fraction of sp³-hybridized carbons (Fsp3) is 0.417. The molecule has 0 saturated carbocycles. The Balaban J connectivity index is 1.99. The van der Waals surface area contributed by atoms with Gasteiger partial charge in [0.25, 0.3) is 5.89 Å². The molecule has 6 nitrogen and oxygen atoms in total. The molecule has 1 N–H and O–H groups in total. The van der Waals surface area contributed by atoms with Crippen LogP contribution in [0.2, 0.25) is 0 Å². The van der Waals surface area contributed by atoms with Gasteiger partial charge in [-0.2, -0.15) is 0 Å². The van der Waals surface area contributed by atoms with E-state index in [1.165, 1.54) is 18.0 Å². The van der Waals surface area contributed by atoms with Gasteiger partial charge in [-0.05, 0) is 18.1 Å². The van der Waals surface area contributed by atoms with Crippen LogP contribution in [-0.2, 0) is 10.5 Å². The Morgan fingerprint density at radius 2 is 2.26 bits per heavy atom. The van der Waals surface area contributed by atoms with Crippen LogP contribution in [0.25, 0.3) is 11.7 Å². The molecule has 1 unspecified atom stereocenters. The molecule has 0 spiro atoms. The van der Waals surface area contributed by atoms with Crippen LogP contribution in [0.4, 0.5) is 0 Å². The van der Waals surface area contributed by atoms with E-state index in [9.17, 15) is 4.79 Å². The van der Waals surface area contributed by atoms with E-state index in [0.717, 1.165) is 0 Å². The first-order chi connectivity index (χ1) is 9.08. The summed E-state index contributed by atoms with van der Waals surface area (Å²) < 4.78 is 10.5. The van der Waals surface area contributed by atoms with Crippen LogP contribution in [-0.4, -0.2) is 26.5 Å². The maximum absolute atomic E-state index is 11.1.